The number of carbonyl (C=O) groups is 1. The van der Waals surface area contributed by atoms with Crippen LogP contribution in [0.25, 0.3) is 11.1 Å². The second-order valence-electron chi connectivity index (χ2n) is 7.23. The van der Waals surface area contributed by atoms with Crippen molar-refractivity contribution in [1.82, 2.24) is 4.98 Å². The van der Waals surface area contributed by atoms with E-state index in [-0.39, 0.29) is 37.9 Å². The molecule has 0 unspecified atom stereocenters. The SMILES string of the molecule is CCS(=O)(=O)c1ccc(-c2c(Cl)cc(NC(=O)Cc3ccc(S(C)(=O)=O)cn3)cc2Cl)cc1. The van der Waals surface area contributed by atoms with Crippen LogP contribution in [0.1, 0.15) is 12.6 Å². The first-order valence-corrected chi connectivity index (χ1v) is 14.0. The second-order valence-corrected chi connectivity index (χ2v) is 12.3. The number of pyridine rings is 1. The fourth-order valence-corrected chi connectivity index (χ4v) is 5.17. The van der Waals surface area contributed by atoms with Gasteiger partial charge in [0.2, 0.25) is 5.91 Å². The summed E-state index contributed by atoms with van der Waals surface area (Å²) in [5.74, 6) is -0.386. The van der Waals surface area contributed by atoms with Crippen LogP contribution in [0.3, 0.4) is 0 Å². The summed E-state index contributed by atoms with van der Waals surface area (Å²) < 4.78 is 47.0. The fraction of sp³-hybridized carbons (Fsp3) is 0.182. The minimum absolute atomic E-state index is 0.000375. The number of nitrogens with zero attached hydrogens (tertiary/aromatic N) is 1. The summed E-state index contributed by atoms with van der Waals surface area (Å²) in [4.78, 5) is 16.7. The Morgan fingerprint density at radius 2 is 1.52 bits per heavy atom. The lowest BCUT2D eigenvalue weighted by atomic mass is 10.0. The topological polar surface area (TPSA) is 110 Å². The molecule has 3 aromatic rings. The van der Waals surface area contributed by atoms with Crippen LogP contribution in [0.4, 0.5) is 5.69 Å². The number of carbonyl (C=O) groups excluding carboxylic acids is 1. The summed E-state index contributed by atoms with van der Waals surface area (Å²) in [7, 11) is -6.69. The third-order valence-corrected chi connectivity index (χ3v) is 8.22. The molecule has 3 rings (SSSR count). The van der Waals surface area contributed by atoms with Gasteiger partial charge in [0.1, 0.15) is 0 Å². The Hall–Kier alpha value is -2.46. The summed E-state index contributed by atoms with van der Waals surface area (Å²) >= 11 is 12.8. The van der Waals surface area contributed by atoms with E-state index in [2.05, 4.69) is 10.3 Å². The van der Waals surface area contributed by atoms with E-state index in [4.69, 9.17) is 23.2 Å². The molecule has 1 amide bonds. The van der Waals surface area contributed by atoms with Gasteiger partial charge in [-0.2, -0.15) is 0 Å². The van der Waals surface area contributed by atoms with Gasteiger partial charge in [0.15, 0.2) is 19.7 Å². The normalized spacial score (nSPS) is 11.9. The fourth-order valence-electron chi connectivity index (χ4n) is 3.02. The molecule has 7 nitrogen and oxygen atoms in total. The molecule has 0 atom stereocenters. The summed E-state index contributed by atoms with van der Waals surface area (Å²) in [6.07, 6.45) is 2.21. The van der Waals surface area contributed by atoms with Gasteiger partial charge in [0, 0.05) is 29.4 Å². The highest BCUT2D eigenvalue weighted by molar-refractivity contribution is 7.91. The molecule has 1 heterocycles. The van der Waals surface area contributed by atoms with Crippen LogP contribution in [0.15, 0.2) is 64.5 Å². The van der Waals surface area contributed by atoms with Gasteiger partial charge in [0.05, 0.1) is 32.0 Å². The van der Waals surface area contributed by atoms with E-state index in [9.17, 15) is 21.6 Å². The summed E-state index contributed by atoms with van der Waals surface area (Å²) in [6.45, 7) is 1.57. The largest absolute Gasteiger partial charge is 0.326 e. The highest BCUT2D eigenvalue weighted by atomic mass is 35.5. The molecule has 0 fully saturated rings. The molecule has 2 aromatic carbocycles. The molecular weight excluding hydrogens is 507 g/mol. The first-order valence-electron chi connectivity index (χ1n) is 9.68. The maximum absolute atomic E-state index is 12.4. The van der Waals surface area contributed by atoms with Crippen LogP contribution in [-0.4, -0.2) is 39.7 Å². The maximum atomic E-state index is 12.4. The number of aromatic nitrogens is 1. The van der Waals surface area contributed by atoms with Gasteiger partial charge >= 0.3 is 0 Å². The Balaban J connectivity index is 1.77. The molecule has 0 spiro atoms. The minimum atomic E-state index is -3.37. The van der Waals surface area contributed by atoms with Crippen molar-refractivity contribution in [3.63, 3.8) is 0 Å². The molecule has 0 aliphatic rings. The molecule has 33 heavy (non-hydrogen) atoms. The molecule has 0 bridgehead atoms. The van der Waals surface area contributed by atoms with Gasteiger partial charge in [-0.1, -0.05) is 42.3 Å². The molecule has 0 aliphatic carbocycles. The number of hydrogen-bond donors (Lipinski definition) is 1. The van der Waals surface area contributed by atoms with Crippen molar-refractivity contribution >= 4 is 54.5 Å². The number of benzene rings is 2. The number of hydrogen-bond acceptors (Lipinski definition) is 6. The minimum Gasteiger partial charge on any atom is -0.326 e. The van der Waals surface area contributed by atoms with Crippen LogP contribution in [-0.2, 0) is 30.9 Å². The Labute approximate surface area is 202 Å². The van der Waals surface area contributed by atoms with Gasteiger partial charge in [-0.05, 0) is 42.0 Å². The van der Waals surface area contributed by atoms with E-state index in [1.807, 2.05) is 0 Å². The van der Waals surface area contributed by atoms with Gasteiger partial charge < -0.3 is 5.32 Å². The Bertz CT molecular complexity index is 1380. The van der Waals surface area contributed by atoms with Crippen LogP contribution in [0.5, 0.6) is 0 Å². The maximum Gasteiger partial charge on any atom is 0.230 e. The molecule has 1 N–H and O–H groups in total. The third kappa shape index (κ3) is 6.11. The molecule has 0 saturated heterocycles. The predicted molar refractivity (Wildman–Crippen MR) is 129 cm³/mol. The van der Waals surface area contributed by atoms with E-state index in [0.717, 1.165) is 6.26 Å². The van der Waals surface area contributed by atoms with E-state index >= 15 is 0 Å². The van der Waals surface area contributed by atoms with Crippen molar-refractivity contribution in [2.45, 2.75) is 23.1 Å². The summed E-state index contributed by atoms with van der Waals surface area (Å²) in [5.41, 5.74) is 1.91. The average Bonchev–Trinajstić information content (AvgIpc) is 2.73. The lowest BCUT2D eigenvalue weighted by Crippen LogP contribution is -2.15. The lowest BCUT2D eigenvalue weighted by Gasteiger charge is -2.12. The third-order valence-electron chi connectivity index (χ3n) is 4.78. The Kier molecular flexibility index (Phi) is 7.48. The van der Waals surface area contributed by atoms with E-state index in [0.29, 0.717) is 22.5 Å². The van der Waals surface area contributed by atoms with Crippen LogP contribution in [0, 0.1) is 0 Å². The van der Waals surface area contributed by atoms with Crippen LogP contribution >= 0.6 is 23.2 Å². The van der Waals surface area contributed by atoms with Gasteiger partial charge in [-0.25, -0.2) is 16.8 Å². The van der Waals surface area contributed by atoms with Crippen molar-refractivity contribution in [3.8, 4) is 11.1 Å². The quantitative estimate of drug-likeness (QED) is 0.487. The zero-order chi connectivity index (χ0) is 24.4. The van der Waals surface area contributed by atoms with Crippen molar-refractivity contribution in [2.24, 2.45) is 0 Å². The van der Waals surface area contributed by atoms with Crippen molar-refractivity contribution in [1.29, 1.82) is 0 Å². The number of anilines is 1. The summed E-state index contributed by atoms with van der Waals surface area (Å²) in [6, 6.07) is 12.2. The van der Waals surface area contributed by atoms with Gasteiger partial charge in [0.25, 0.3) is 0 Å². The van der Waals surface area contributed by atoms with E-state index in [1.165, 1.54) is 42.6 Å². The number of halogens is 2. The standard InChI is InChI=1S/C22H20Cl2N2O5S2/c1-3-33(30,31)17-7-4-14(5-8-17)22-19(23)10-16(11-20(22)24)26-21(27)12-15-6-9-18(13-25-15)32(2,28)29/h4-11,13H,3,12H2,1-2H3,(H,26,27). The van der Waals surface area contributed by atoms with E-state index in [1.54, 1.807) is 19.1 Å². The molecule has 11 heteroatoms. The Morgan fingerprint density at radius 1 is 0.939 bits per heavy atom. The first-order chi connectivity index (χ1) is 15.4. The highest BCUT2D eigenvalue weighted by Crippen LogP contribution is 2.37. The van der Waals surface area contributed by atoms with Crippen molar-refractivity contribution in [2.75, 3.05) is 17.3 Å². The van der Waals surface area contributed by atoms with Crippen molar-refractivity contribution < 1.29 is 21.6 Å². The van der Waals surface area contributed by atoms with Crippen LogP contribution in [0.2, 0.25) is 10.0 Å². The highest BCUT2D eigenvalue weighted by Gasteiger charge is 2.16. The average molecular weight is 527 g/mol. The molecule has 0 aliphatic heterocycles. The van der Waals surface area contributed by atoms with Crippen molar-refractivity contribution in [3.05, 3.63) is 70.5 Å². The molecular formula is C22H20Cl2N2O5S2. The zero-order valence-electron chi connectivity index (χ0n) is 17.7. The van der Waals surface area contributed by atoms with Gasteiger partial charge in [-0.3, -0.25) is 9.78 Å². The predicted octanol–water partition coefficient (Wildman–Crippen LogP) is 4.43. The monoisotopic (exact) mass is 526 g/mol. The first kappa shape index (κ1) is 25.2. The number of rotatable bonds is 7. The number of nitrogens with one attached hydrogen (secondary N) is 1. The Morgan fingerprint density at radius 3 is 2.00 bits per heavy atom. The lowest BCUT2D eigenvalue weighted by molar-refractivity contribution is -0.115. The summed E-state index contributed by atoms with van der Waals surface area (Å²) in [5, 5.41) is 3.24. The molecule has 174 valence electrons. The second kappa shape index (κ2) is 9.80. The zero-order valence-corrected chi connectivity index (χ0v) is 20.8. The van der Waals surface area contributed by atoms with E-state index < -0.39 is 19.7 Å². The molecule has 1 aromatic heterocycles. The smallest absolute Gasteiger partial charge is 0.230 e. The number of sulfone groups is 2. The van der Waals surface area contributed by atoms with Gasteiger partial charge in [-0.15, -0.1) is 0 Å². The number of amides is 1. The molecule has 0 saturated carbocycles. The molecule has 0 radical (unpaired) electrons. The van der Waals surface area contributed by atoms with Crippen LogP contribution < -0.4 is 5.32 Å².